The molecule has 0 aliphatic rings. The first-order valence-corrected chi connectivity index (χ1v) is 25.9. The highest BCUT2D eigenvalue weighted by molar-refractivity contribution is 5.80. The van der Waals surface area contributed by atoms with E-state index in [0.29, 0.717) is 25.7 Å². The Kier molecular flexibility index (Phi) is 46.4. The molecule has 4 atom stereocenters. The number of nitrogens with one attached hydrogen (secondary N) is 1. The van der Waals surface area contributed by atoms with Crippen molar-refractivity contribution in [2.45, 2.75) is 289 Å². The van der Waals surface area contributed by atoms with Gasteiger partial charge in [0.05, 0.1) is 18.8 Å². The summed E-state index contributed by atoms with van der Waals surface area (Å²) in [6.07, 6.45) is 58.0. The van der Waals surface area contributed by atoms with Crippen LogP contribution in [-0.4, -0.2) is 57.3 Å². The number of carbonyl (C=O) groups is 1. The van der Waals surface area contributed by atoms with E-state index in [9.17, 15) is 25.2 Å². The van der Waals surface area contributed by atoms with Crippen LogP contribution in [-0.2, 0) is 4.79 Å². The van der Waals surface area contributed by atoms with E-state index < -0.39 is 36.9 Å². The molecule has 0 aliphatic heterocycles. The van der Waals surface area contributed by atoms with Crippen LogP contribution in [0.4, 0.5) is 0 Å². The van der Waals surface area contributed by atoms with Crippen molar-refractivity contribution in [2.24, 2.45) is 0 Å². The minimum Gasteiger partial charge on any atom is -0.394 e. The van der Waals surface area contributed by atoms with Crippen molar-refractivity contribution in [1.29, 1.82) is 0 Å². The molecule has 0 aromatic rings. The Balaban J connectivity index is 3.66. The molecule has 348 valence electrons. The minimum atomic E-state index is -1.30. The summed E-state index contributed by atoms with van der Waals surface area (Å²) in [5.74, 6) is -0.614. The molecule has 0 heterocycles. The fourth-order valence-electron chi connectivity index (χ4n) is 7.95. The monoisotopic (exact) mass is 832 g/mol. The van der Waals surface area contributed by atoms with Crippen LogP contribution in [0.15, 0.2) is 36.5 Å². The highest BCUT2D eigenvalue weighted by Crippen LogP contribution is 2.16. The molecule has 6 nitrogen and oxygen atoms in total. The number of rotatable bonds is 47. The molecule has 4 unspecified atom stereocenters. The number of aliphatic hydroxyl groups excluding tert-OH is 4. The highest BCUT2D eigenvalue weighted by atomic mass is 16.3. The van der Waals surface area contributed by atoms with Gasteiger partial charge < -0.3 is 25.7 Å². The zero-order chi connectivity index (χ0) is 43.1. The van der Waals surface area contributed by atoms with E-state index in [-0.39, 0.29) is 0 Å². The fraction of sp³-hybridized carbons (Fsp3) is 0.868. The summed E-state index contributed by atoms with van der Waals surface area (Å²) in [5, 5.41) is 43.7. The average molecular weight is 832 g/mol. The third kappa shape index (κ3) is 41.6. The van der Waals surface area contributed by atoms with Gasteiger partial charge in [-0.15, -0.1) is 0 Å². The number of aliphatic hydroxyl groups is 4. The predicted octanol–water partition coefficient (Wildman–Crippen LogP) is 14.5. The first-order valence-electron chi connectivity index (χ1n) is 25.9. The fourth-order valence-corrected chi connectivity index (χ4v) is 7.95. The van der Waals surface area contributed by atoms with Crippen molar-refractivity contribution in [3.05, 3.63) is 36.5 Å². The highest BCUT2D eigenvalue weighted by Gasteiger charge is 2.28. The Morgan fingerprint density at radius 2 is 0.712 bits per heavy atom. The summed E-state index contributed by atoms with van der Waals surface area (Å²) in [7, 11) is 0. The molecule has 0 saturated carbocycles. The maximum absolute atomic E-state index is 12.5. The Bertz CT molecular complexity index is 935. The second-order valence-electron chi connectivity index (χ2n) is 17.8. The van der Waals surface area contributed by atoms with Gasteiger partial charge in [0, 0.05) is 0 Å². The van der Waals surface area contributed by atoms with Gasteiger partial charge in [-0.3, -0.25) is 4.79 Å². The number of carbonyl (C=O) groups excluding carboxylic acids is 1. The van der Waals surface area contributed by atoms with Gasteiger partial charge in [0.1, 0.15) is 12.2 Å². The van der Waals surface area contributed by atoms with Gasteiger partial charge in [-0.2, -0.15) is 0 Å². The van der Waals surface area contributed by atoms with Crippen LogP contribution in [0.25, 0.3) is 0 Å². The van der Waals surface area contributed by atoms with Gasteiger partial charge >= 0.3 is 0 Å². The Morgan fingerprint density at radius 3 is 1.07 bits per heavy atom. The second kappa shape index (κ2) is 47.6. The van der Waals surface area contributed by atoms with Gasteiger partial charge in [0.25, 0.3) is 0 Å². The standard InChI is InChI=1S/C53H101NO5/c1-3-5-7-9-11-13-15-17-18-19-20-21-22-23-24-25-26-27-28-29-30-31-32-33-34-35-37-38-40-42-44-46-50(56)52(58)49(48-55)54-53(59)51(57)47-45-43-41-39-36-16-14-12-10-8-6-4-2/h33-34,36,38-40,49-52,55-58H,3-32,35,37,41-48H2,1-2H3,(H,54,59)/b34-33+,39-36-,40-38+. The van der Waals surface area contributed by atoms with Crippen molar-refractivity contribution in [3.63, 3.8) is 0 Å². The quantitative estimate of drug-likeness (QED) is 0.0310. The lowest BCUT2D eigenvalue weighted by atomic mass is 10.00. The molecule has 0 bridgehead atoms. The first kappa shape index (κ1) is 57.5. The van der Waals surface area contributed by atoms with Crippen LogP contribution in [0.5, 0.6) is 0 Å². The summed E-state index contributed by atoms with van der Waals surface area (Å²) < 4.78 is 0. The number of hydrogen-bond donors (Lipinski definition) is 5. The molecule has 0 radical (unpaired) electrons. The normalized spacial score (nSPS) is 14.2. The summed E-state index contributed by atoms with van der Waals surface area (Å²) in [6, 6.07) is -1.02. The Labute approximate surface area is 367 Å². The third-order valence-electron chi connectivity index (χ3n) is 12.1. The molecule has 6 heteroatoms. The van der Waals surface area contributed by atoms with Crippen molar-refractivity contribution in [1.82, 2.24) is 5.32 Å². The molecule has 5 N–H and O–H groups in total. The second-order valence-corrected chi connectivity index (χ2v) is 17.8. The molecule has 0 spiro atoms. The first-order chi connectivity index (χ1) is 29.0. The van der Waals surface area contributed by atoms with Crippen LogP contribution in [0, 0.1) is 0 Å². The molecule has 59 heavy (non-hydrogen) atoms. The molecular formula is C53H101NO5. The lowest BCUT2D eigenvalue weighted by Gasteiger charge is -2.27. The zero-order valence-electron chi connectivity index (χ0n) is 39.3. The van der Waals surface area contributed by atoms with Crippen LogP contribution in [0.3, 0.4) is 0 Å². The number of hydrogen-bond acceptors (Lipinski definition) is 5. The van der Waals surface area contributed by atoms with E-state index in [1.165, 1.54) is 186 Å². The number of unbranched alkanes of at least 4 members (excludes halogenated alkanes) is 32. The van der Waals surface area contributed by atoms with Gasteiger partial charge in [0.15, 0.2) is 0 Å². The van der Waals surface area contributed by atoms with Gasteiger partial charge in [0.2, 0.25) is 5.91 Å². The lowest BCUT2D eigenvalue weighted by Crippen LogP contribution is -2.53. The molecule has 0 saturated heterocycles. The van der Waals surface area contributed by atoms with Gasteiger partial charge in [-0.25, -0.2) is 0 Å². The van der Waals surface area contributed by atoms with E-state index in [0.717, 1.165) is 38.5 Å². The molecule has 0 aromatic carbocycles. The minimum absolute atomic E-state index is 0.329. The third-order valence-corrected chi connectivity index (χ3v) is 12.1. The zero-order valence-corrected chi connectivity index (χ0v) is 39.3. The molecule has 1 amide bonds. The van der Waals surface area contributed by atoms with Crippen LogP contribution >= 0.6 is 0 Å². The predicted molar refractivity (Wildman–Crippen MR) is 256 cm³/mol. The van der Waals surface area contributed by atoms with Crippen molar-refractivity contribution in [3.8, 4) is 0 Å². The molecule has 0 rings (SSSR count). The van der Waals surface area contributed by atoms with E-state index in [4.69, 9.17) is 0 Å². The van der Waals surface area contributed by atoms with Crippen LogP contribution < -0.4 is 5.32 Å². The van der Waals surface area contributed by atoms with Crippen molar-refractivity contribution in [2.75, 3.05) is 6.61 Å². The molecule has 0 fully saturated rings. The molecule has 0 aliphatic carbocycles. The van der Waals surface area contributed by atoms with Gasteiger partial charge in [-0.05, 0) is 77.0 Å². The maximum atomic E-state index is 12.5. The van der Waals surface area contributed by atoms with Crippen LogP contribution in [0.2, 0.25) is 0 Å². The summed E-state index contributed by atoms with van der Waals surface area (Å²) >= 11 is 0. The molecule has 0 aromatic heterocycles. The SMILES string of the molecule is CCCCCCCC/C=C\CCCCC(O)C(=O)NC(CO)C(O)C(O)CCC/C=C/CC/C=C/CCCCCCCCCCCCCCCCCCCCCCCC. The van der Waals surface area contributed by atoms with E-state index >= 15 is 0 Å². The summed E-state index contributed by atoms with van der Waals surface area (Å²) in [5.41, 5.74) is 0. The Hall–Kier alpha value is -1.47. The Morgan fingerprint density at radius 1 is 0.407 bits per heavy atom. The lowest BCUT2D eigenvalue weighted by molar-refractivity contribution is -0.132. The van der Waals surface area contributed by atoms with E-state index in [2.05, 4.69) is 55.6 Å². The maximum Gasteiger partial charge on any atom is 0.249 e. The largest absolute Gasteiger partial charge is 0.394 e. The summed E-state index contributed by atoms with van der Waals surface area (Å²) in [6.45, 7) is 4.02. The molecular weight excluding hydrogens is 731 g/mol. The number of amides is 1. The van der Waals surface area contributed by atoms with E-state index in [1.807, 2.05) is 0 Å². The van der Waals surface area contributed by atoms with Gasteiger partial charge in [-0.1, -0.05) is 224 Å². The average Bonchev–Trinajstić information content (AvgIpc) is 3.24. The van der Waals surface area contributed by atoms with E-state index in [1.54, 1.807) is 0 Å². The topological polar surface area (TPSA) is 110 Å². The number of allylic oxidation sites excluding steroid dienone is 6. The smallest absolute Gasteiger partial charge is 0.249 e. The van der Waals surface area contributed by atoms with Crippen LogP contribution in [0.1, 0.15) is 264 Å². The van der Waals surface area contributed by atoms with Crippen molar-refractivity contribution >= 4 is 5.91 Å². The summed E-state index contributed by atoms with van der Waals surface area (Å²) in [4.78, 5) is 12.5. The van der Waals surface area contributed by atoms with Crippen molar-refractivity contribution < 1.29 is 25.2 Å².